The van der Waals surface area contributed by atoms with Gasteiger partial charge in [0.1, 0.15) is 5.54 Å². The zero-order valence-electron chi connectivity index (χ0n) is 8.47. The molecule has 0 spiro atoms. The first kappa shape index (κ1) is 10.0. The van der Waals surface area contributed by atoms with Crippen LogP contribution in [0.3, 0.4) is 0 Å². The molecule has 1 aromatic heterocycles. The van der Waals surface area contributed by atoms with Crippen molar-refractivity contribution in [1.82, 2.24) is 25.5 Å². The molecule has 1 aliphatic rings. The molecule has 0 bridgehead atoms. The zero-order valence-corrected chi connectivity index (χ0v) is 8.47. The number of nitrogens with one attached hydrogen (secondary N) is 1. The number of aromatic nitrogens is 4. The lowest BCUT2D eigenvalue weighted by molar-refractivity contribution is -0.144. The van der Waals surface area contributed by atoms with Crippen LogP contribution < -0.4 is 5.32 Å². The summed E-state index contributed by atoms with van der Waals surface area (Å²) in [5.41, 5.74) is -0.900. The van der Waals surface area contributed by atoms with Gasteiger partial charge in [-0.25, -0.2) is 0 Å². The Bertz CT molecular complexity index is 369. The van der Waals surface area contributed by atoms with Crippen molar-refractivity contribution >= 4 is 5.97 Å². The molecule has 1 aromatic rings. The van der Waals surface area contributed by atoms with Gasteiger partial charge < -0.3 is 10.4 Å². The van der Waals surface area contributed by atoms with Crippen molar-refractivity contribution in [3.05, 3.63) is 5.82 Å². The summed E-state index contributed by atoms with van der Waals surface area (Å²) in [6, 6.07) is 0. The summed E-state index contributed by atoms with van der Waals surface area (Å²) >= 11 is 0. The van der Waals surface area contributed by atoms with E-state index in [0.29, 0.717) is 12.2 Å². The summed E-state index contributed by atoms with van der Waals surface area (Å²) in [4.78, 5) is 12.5. The Morgan fingerprint density at radius 1 is 1.73 bits per heavy atom. The molecule has 0 saturated carbocycles. The Kier molecular flexibility index (Phi) is 2.39. The van der Waals surface area contributed by atoms with Crippen molar-refractivity contribution in [1.29, 1.82) is 0 Å². The minimum Gasteiger partial charge on any atom is -0.480 e. The van der Waals surface area contributed by atoms with Crippen molar-refractivity contribution in [3.63, 3.8) is 0 Å². The fraction of sp³-hybridized carbons (Fsp3) is 0.750. The molecule has 1 unspecified atom stereocenters. The summed E-state index contributed by atoms with van der Waals surface area (Å²) < 4.78 is 0. The predicted octanol–water partition coefficient (Wildman–Crippen LogP) is -1.04. The third kappa shape index (κ3) is 1.82. The second-order valence-electron chi connectivity index (χ2n) is 3.79. The van der Waals surface area contributed by atoms with Crippen LogP contribution in [0.5, 0.6) is 0 Å². The molecule has 0 aromatic carbocycles. The van der Waals surface area contributed by atoms with E-state index in [1.165, 1.54) is 4.80 Å². The standard InChI is InChI=1S/C8H13N5O2/c1-13-11-6(10-12-13)5-8(7(14)15)3-2-4-9-8/h9H,2-5H2,1H3,(H,14,15). The van der Waals surface area contributed by atoms with Gasteiger partial charge in [-0.1, -0.05) is 0 Å². The Morgan fingerprint density at radius 2 is 2.53 bits per heavy atom. The maximum Gasteiger partial charge on any atom is 0.324 e. The van der Waals surface area contributed by atoms with Gasteiger partial charge in [-0.3, -0.25) is 4.79 Å². The number of aryl methyl sites for hydroxylation is 1. The third-order valence-electron chi connectivity index (χ3n) is 2.66. The number of hydrogen-bond acceptors (Lipinski definition) is 5. The van der Waals surface area contributed by atoms with E-state index in [2.05, 4.69) is 20.7 Å². The summed E-state index contributed by atoms with van der Waals surface area (Å²) in [7, 11) is 1.66. The molecule has 1 fully saturated rings. The van der Waals surface area contributed by atoms with Gasteiger partial charge in [0.2, 0.25) is 0 Å². The van der Waals surface area contributed by atoms with Gasteiger partial charge in [0.25, 0.3) is 0 Å². The quantitative estimate of drug-likeness (QED) is 0.663. The minimum absolute atomic E-state index is 0.288. The summed E-state index contributed by atoms with van der Waals surface area (Å²) in [6.45, 7) is 0.729. The molecule has 1 atom stereocenters. The van der Waals surface area contributed by atoms with E-state index >= 15 is 0 Å². The van der Waals surface area contributed by atoms with Crippen molar-refractivity contribution < 1.29 is 9.90 Å². The maximum atomic E-state index is 11.2. The third-order valence-corrected chi connectivity index (χ3v) is 2.66. The molecular formula is C8H13N5O2. The van der Waals surface area contributed by atoms with Crippen LogP contribution in [0.25, 0.3) is 0 Å². The number of rotatable bonds is 3. The fourth-order valence-electron chi connectivity index (χ4n) is 1.88. The number of carbonyl (C=O) groups is 1. The zero-order chi connectivity index (χ0) is 10.9. The van der Waals surface area contributed by atoms with Gasteiger partial charge in [0.05, 0.1) is 7.05 Å². The largest absolute Gasteiger partial charge is 0.480 e. The van der Waals surface area contributed by atoms with Crippen LogP contribution >= 0.6 is 0 Å². The number of nitrogens with zero attached hydrogens (tertiary/aromatic N) is 4. The summed E-state index contributed by atoms with van der Waals surface area (Å²) in [5.74, 6) is -0.373. The highest BCUT2D eigenvalue weighted by atomic mass is 16.4. The smallest absolute Gasteiger partial charge is 0.324 e. The first-order chi connectivity index (χ1) is 7.12. The first-order valence-electron chi connectivity index (χ1n) is 4.84. The lowest BCUT2D eigenvalue weighted by Crippen LogP contribution is -2.49. The average molecular weight is 211 g/mol. The lowest BCUT2D eigenvalue weighted by Gasteiger charge is -2.22. The van der Waals surface area contributed by atoms with Gasteiger partial charge in [0, 0.05) is 6.42 Å². The van der Waals surface area contributed by atoms with Crippen LogP contribution in [0.2, 0.25) is 0 Å². The Hall–Kier alpha value is -1.50. The Morgan fingerprint density at radius 3 is 3.00 bits per heavy atom. The highest BCUT2D eigenvalue weighted by molar-refractivity contribution is 5.79. The molecule has 82 valence electrons. The Balaban J connectivity index is 2.17. The number of carboxylic acids is 1. The average Bonchev–Trinajstić information content (AvgIpc) is 2.77. The first-order valence-corrected chi connectivity index (χ1v) is 4.84. The Labute approximate surface area is 86.5 Å². The van der Waals surface area contributed by atoms with E-state index in [1.54, 1.807) is 7.05 Å². The second kappa shape index (κ2) is 3.58. The number of carboxylic acid groups (broad SMARTS) is 1. The molecule has 0 aliphatic carbocycles. The minimum atomic E-state index is -0.900. The molecule has 7 nitrogen and oxygen atoms in total. The van der Waals surface area contributed by atoms with E-state index in [1.807, 2.05) is 0 Å². The lowest BCUT2D eigenvalue weighted by atomic mass is 9.93. The van der Waals surface area contributed by atoms with Crippen molar-refractivity contribution in [2.75, 3.05) is 6.54 Å². The molecule has 0 amide bonds. The van der Waals surface area contributed by atoms with Gasteiger partial charge in [0.15, 0.2) is 5.82 Å². The highest BCUT2D eigenvalue weighted by Gasteiger charge is 2.42. The monoisotopic (exact) mass is 211 g/mol. The fourth-order valence-corrected chi connectivity index (χ4v) is 1.88. The van der Waals surface area contributed by atoms with E-state index < -0.39 is 11.5 Å². The van der Waals surface area contributed by atoms with E-state index in [0.717, 1.165) is 13.0 Å². The van der Waals surface area contributed by atoms with Crippen molar-refractivity contribution in [2.45, 2.75) is 24.8 Å². The second-order valence-corrected chi connectivity index (χ2v) is 3.79. The molecule has 1 saturated heterocycles. The van der Waals surface area contributed by atoms with Crippen molar-refractivity contribution in [2.24, 2.45) is 7.05 Å². The van der Waals surface area contributed by atoms with Gasteiger partial charge in [-0.05, 0) is 24.6 Å². The molecular weight excluding hydrogens is 198 g/mol. The van der Waals surface area contributed by atoms with E-state index in [9.17, 15) is 9.90 Å². The predicted molar refractivity (Wildman–Crippen MR) is 50.1 cm³/mol. The molecule has 2 heterocycles. The van der Waals surface area contributed by atoms with Crippen LogP contribution in [0.15, 0.2) is 0 Å². The maximum absolute atomic E-state index is 11.2. The SMILES string of the molecule is Cn1nnc(CC2(C(=O)O)CCCN2)n1. The summed E-state index contributed by atoms with van der Waals surface area (Å²) in [6.07, 6.45) is 1.77. The van der Waals surface area contributed by atoms with E-state index in [4.69, 9.17) is 0 Å². The highest BCUT2D eigenvalue weighted by Crippen LogP contribution is 2.22. The molecule has 0 radical (unpaired) electrons. The number of aliphatic carboxylic acids is 1. The van der Waals surface area contributed by atoms with Crippen LogP contribution in [0, 0.1) is 0 Å². The molecule has 1 aliphatic heterocycles. The topological polar surface area (TPSA) is 92.9 Å². The van der Waals surface area contributed by atoms with Crippen LogP contribution in [-0.4, -0.2) is 43.4 Å². The van der Waals surface area contributed by atoms with Crippen LogP contribution in [-0.2, 0) is 18.3 Å². The number of tetrazole rings is 1. The molecule has 2 rings (SSSR count). The number of hydrogen-bond donors (Lipinski definition) is 2. The summed E-state index contributed by atoms with van der Waals surface area (Å²) in [5, 5.41) is 23.7. The van der Waals surface area contributed by atoms with Crippen LogP contribution in [0.4, 0.5) is 0 Å². The van der Waals surface area contributed by atoms with Gasteiger partial charge in [-0.2, -0.15) is 4.80 Å². The van der Waals surface area contributed by atoms with Crippen LogP contribution in [0.1, 0.15) is 18.7 Å². The van der Waals surface area contributed by atoms with E-state index in [-0.39, 0.29) is 6.42 Å². The molecule has 2 N–H and O–H groups in total. The van der Waals surface area contributed by atoms with Gasteiger partial charge >= 0.3 is 5.97 Å². The normalized spacial score (nSPS) is 25.7. The van der Waals surface area contributed by atoms with Gasteiger partial charge in [-0.15, -0.1) is 10.2 Å². The van der Waals surface area contributed by atoms with Crippen molar-refractivity contribution in [3.8, 4) is 0 Å². The molecule has 7 heteroatoms. The molecule has 15 heavy (non-hydrogen) atoms.